The van der Waals surface area contributed by atoms with Crippen molar-refractivity contribution in [3.63, 3.8) is 0 Å². The molecule has 3 nitrogen and oxygen atoms in total. The van der Waals surface area contributed by atoms with Gasteiger partial charge in [-0.15, -0.1) is 0 Å². The molecular formula is C28H56O3. The highest BCUT2D eigenvalue weighted by molar-refractivity contribution is 5.69. The Hall–Kier alpha value is -0.570. The quantitative estimate of drug-likeness (QED) is 0.114. The third-order valence-corrected chi connectivity index (χ3v) is 6.30. The average Bonchev–Trinajstić information content (AvgIpc) is 2.75. The van der Waals surface area contributed by atoms with Gasteiger partial charge in [0, 0.05) is 0 Å². The number of carbonyl (C=O) groups is 1. The fourth-order valence-corrected chi connectivity index (χ4v) is 4.17. The van der Waals surface area contributed by atoms with Crippen molar-refractivity contribution in [2.24, 2.45) is 0 Å². The van der Waals surface area contributed by atoms with E-state index in [9.17, 15) is 9.90 Å². The first kappa shape index (κ1) is 30.4. The Labute approximate surface area is 195 Å². The standard InChI is InChI=1S/C28H56O3/c1-3-5-7-9-10-11-12-13-14-15-16-17-18-19-21-23-25-31-28(30)26-27(29)24-22-20-8-6-4-2/h27,29H,3-26H2,1-2H3. The number of unbranched alkanes of at least 4 members (excludes halogenated alkanes) is 19. The predicted molar refractivity (Wildman–Crippen MR) is 135 cm³/mol. The first-order chi connectivity index (χ1) is 15.2. The molecule has 0 aliphatic rings. The van der Waals surface area contributed by atoms with Crippen molar-refractivity contribution in [3.8, 4) is 0 Å². The van der Waals surface area contributed by atoms with Crippen molar-refractivity contribution >= 4 is 5.97 Å². The highest BCUT2D eigenvalue weighted by atomic mass is 16.5. The summed E-state index contributed by atoms with van der Waals surface area (Å²) in [7, 11) is 0. The normalized spacial score (nSPS) is 12.2. The summed E-state index contributed by atoms with van der Waals surface area (Å²) in [4.78, 5) is 11.8. The molecule has 0 heterocycles. The molecule has 0 spiro atoms. The van der Waals surface area contributed by atoms with E-state index >= 15 is 0 Å². The third kappa shape index (κ3) is 25.6. The van der Waals surface area contributed by atoms with Gasteiger partial charge in [0.1, 0.15) is 0 Å². The second kappa shape index (κ2) is 25.7. The van der Waals surface area contributed by atoms with E-state index in [0.29, 0.717) is 6.61 Å². The maximum atomic E-state index is 11.8. The minimum atomic E-state index is -0.528. The number of ether oxygens (including phenoxy) is 1. The molecule has 0 aliphatic heterocycles. The van der Waals surface area contributed by atoms with Crippen molar-refractivity contribution in [2.75, 3.05) is 6.61 Å². The van der Waals surface area contributed by atoms with Crippen LogP contribution in [0.15, 0.2) is 0 Å². The van der Waals surface area contributed by atoms with Crippen LogP contribution in [-0.4, -0.2) is 23.8 Å². The lowest BCUT2D eigenvalue weighted by Crippen LogP contribution is -2.16. The van der Waals surface area contributed by atoms with E-state index in [-0.39, 0.29) is 12.4 Å². The molecule has 0 radical (unpaired) electrons. The zero-order valence-corrected chi connectivity index (χ0v) is 21.3. The van der Waals surface area contributed by atoms with Gasteiger partial charge < -0.3 is 9.84 Å². The van der Waals surface area contributed by atoms with Gasteiger partial charge in [-0.2, -0.15) is 0 Å². The Morgan fingerprint density at radius 1 is 0.581 bits per heavy atom. The molecule has 0 aromatic heterocycles. The van der Waals surface area contributed by atoms with Crippen molar-refractivity contribution in [3.05, 3.63) is 0 Å². The maximum Gasteiger partial charge on any atom is 0.308 e. The number of esters is 1. The van der Waals surface area contributed by atoms with Gasteiger partial charge in [0.05, 0.1) is 19.1 Å². The van der Waals surface area contributed by atoms with Crippen LogP contribution in [0.25, 0.3) is 0 Å². The molecule has 0 rings (SSSR count). The highest BCUT2D eigenvalue weighted by Gasteiger charge is 2.11. The van der Waals surface area contributed by atoms with Gasteiger partial charge in [0.2, 0.25) is 0 Å². The molecule has 0 aromatic carbocycles. The molecule has 1 N–H and O–H groups in total. The molecule has 0 bridgehead atoms. The van der Waals surface area contributed by atoms with Gasteiger partial charge >= 0.3 is 5.97 Å². The minimum absolute atomic E-state index is 0.159. The van der Waals surface area contributed by atoms with Crippen molar-refractivity contribution in [1.82, 2.24) is 0 Å². The van der Waals surface area contributed by atoms with Gasteiger partial charge in [0.25, 0.3) is 0 Å². The second-order valence-corrected chi connectivity index (χ2v) is 9.58. The van der Waals surface area contributed by atoms with Crippen LogP contribution in [0.2, 0.25) is 0 Å². The van der Waals surface area contributed by atoms with Crippen LogP contribution < -0.4 is 0 Å². The summed E-state index contributed by atoms with van der Waals surface area (Å²) in [6.45, 7) is 4.99. The summed E-state index contributed by atoms with van der Waals surface area (Å²) in [5.74, 6) is -0.234. The predicted octanol–water partition coefficient (Wildman–Crippen LogP) is 8.90. The lowest BCUT2D eigenvalue weighted by atomic mass is 10.0. The number of hydrogen-bond acceptors (Lipinski definition) is 3. The Balaban J connectivity index is 3.22. The number of carbonyl (C=O) groups excluding carboxylic acids is 1. The van der Waals surface area contributed by atoms with E-state index in [4.69, 9.17) is 4.74 Å². The van der Waals surface area contributed by atoms with Crippen LogP contribution in [0.3, 0.4) is 0 Å². The van der Waals surface area contributed by atoms with E-state index in [2.05, 4.69) is 13.8 Å². The van der Waals surface area contributed by atoms with Crippen LogP contribution in [0.5, 0.6) is 0 Å². The van der Waals surface area contributed by atoms with Gasteiger partial charge in [0.15, 0.2) is 0 Å². The molecule has 31 heavy (non-hydrogen) atoms. The Kier molecular flexibility index (Phi) is 25.2. The fourth-order valence-electron chi connectivity index (χ4n) is 4.17. The SMILES string of the molecule is CCCCCCCCCCCCCCCCCCOC(=O)CC(O)CCCCCCC. The first-order valence-electron chi connectivity index (χ1n) is 14.0. The van der Waals surface area contributed by atoms with E-state index in [1.165, 1.54) is 109 Å². The van der Waals surface area contributed by atoms with Gasteiger partial charge in [-0.3, -0.25) is 4.79 Å². The largest absolute Gasteiger partial charge is 0.466 e. The summed E-state index contributed by atoms with van der Waals surface area (Å²) in [6, 6.07) is 0. The summed E-state index contributed by atoms with van der Waals surface area (Å²) in [6.07, 6.45) is 27.8. The topological polar surface area (TPSA) is 46.5 Å². The van der Waals surface area contributed by atoms with Gasteiger partial charge in [-0.1, -0.05) is 142 Å². The Morgan fingerprint density at radius 3 is 1.35 bits per heavy atom. The van der Waals surface area contributed by atoms with E-state index in [1.807, 2.05) is 0 Å². The Bertz CT molecular complexity index is 356. The lowest BCUT2D eigenvalue weighted by molar-refractivity contribution is -0.146. The highest BCUT2D eigenvalue weighted by Crippen LogP contribution is 2.14. The molecule has 0 amide bonds. The summed E-state index contributed by atoms with van der Waals surface area (Å²) in [5, 5.41) is 9.92. The molecule has 1 unspecified atom stereocenters. The van der Waals surface area contributed by atoms with Crippen molar-refractivity contribution < 1.29 is 14.6 Å². The second-order valence-electron chi connectivity index (χ2n) is 9.58. The molecule has 0 fully saturated rings. The number of hydrogen-bond donors (Lipinski definition) is 1. The molecular weight excluding hydrogens is 384 g/mol. The lowest BCUT2D eigenvalue weighted by Gasteiger charge is -2.10. The summed E-state index contributed by atoms with van der Waals surface area (Å²) < 4.78 is 5.28. The van der Waals surface area contributed by atoms with Crippen LogP contribution in [-0.2, 0) is 9.53 Å². The van der Waals surface area contributed by atoms with E-state index in [1.54, 1.807) is 0 Å². The van der Waals surface area contributed by atoms with Crippen LogP contribution >= 0.6 is 0 Å². The van der Waals surface area contributed by atoms with Crippen LogP contribution in [0.1, 0.15) is 162 Å². The van der Waals surface area contributed by atoms with Crippen molar-refractivity contribution in [1.29, 1.82) is 0 Å². The van der Waals surface area contributed by atoms with E-state index in [0.717, 1.165) is 32.1 Å². The molecule has 1 atom stereocenters. The molecule has 0 saturated carbocycles. The molecule has 3 heteroatoms. The minimum Gasteiger partial charge on any atom is -0.466 e. The summed E-state index contributed by atoms with van der Waals surface area (Å²) >= 11 is 0. The average molecular weight is 441 g/mol. The first-order valence-corrected chi connectivity index (χ1v) is 14.0. The van der Waals surface area contributed by atoms with Gasteiger partial charge in [-0.25, -0.2) is 0 Å². The maximum absolute atomic E-state index is 11.8. The molecule has 0 saturated heterocycles. The van der Waals surface area contributed by atoms with E-state index < -0.39 is 6.10 Å². The third-order valence-electron chi connectivity index (χ3n) is 6.30. The van der Waals surface area contributed by atoms with Crippen molar-refractivity contribution in [2.45, 2.75) is 168 Å². The zero-order valence-electron chi connectivity index (χ0n) is 21.3. The molecule has 0 aromatic rings. The number of rotatable bonds is 25. The fraction of sp³-hybridized carbons (Fsp3) is 0.964. The van der Waals surface area contributed by atoms with Crippen LogP contribution in [0, 0.1) is 0 Å². The van der Waals surface area contributed by atoms with Gasteiger partial charge in [-0.05, 0) is 12.8 Å². The molecule has 186 valence electrons. The zero-order chi connectivity index (χ0) is 22.8. The Morgan fingerprint density at radius 2 is 0.935 bits per heavy atom. The van der Waals surface area contributed by atoms with Crippen LogP contribution in [0.4, 0.5) is 0 Å². The number of aliphatic hydroxyl groups excluding tert-OH is 1. The summed E-state index contributed by atoms with van der Waals surface area (Å²) in [5.41, 5.74) is 0. The monoisotopic (exact) mass is 440 g/mol. The number of aliphatic hydroxyl groups is 1. The molecule has 0 aliphatic carbocycles. The smallest absolute Gasteiger partial charge is 0.308 e.